The average molecular weight is 274 g/mol. The topological polar surface area (TPSA) is 32.3 Å². The Morgan fingerprint density at radius 3 is 2.90 bits per heavy atom. The van der Waals surface area contributed by atoms with Crippen LogP contribution in [0, 0.1) is 5.92 Å². The van der Waals surface area contributed by atoms with E-state index in [1.165, 1.54) is 11.1 Å². The van der Waals surface area contributed by atoms with Crippen molar-refractivity contribution >= 4 is 5.91 Å². The van der Waals surface area contributed by atoms with Crippen LogP contribution in [0.15, 0.2) is 24.3 Å². The predicted molar refractivity (Wildman–Crippen MR) is 82.6 cm³/mol. The van der Waals surface area contributed by atoms with Crippen molar-refractivity contribution in [1.29, 1.82) is 0 Å². The van der Waals surface area contributed by atoms with Crippen LogP contribution in [0.2, 0.25) is 0 Å². The lowest BCUT2D eigenvalue weighted by molar-refractivity contribution is -0.122. The van der Waals surface area contributed by atoms with Crippen LogP contribution in [-0.2, 0) is 11.2 Å². The minimum absolute atomic E-state index is 0.137. The van der Waals surface area contributed by atoms with E-state index in [4.69, 9.17) is 0 Å². The maximum Gasteiger partial charge on any atom is 0.234 e. The first-order valence-corrected chi connectivity index (χ1v) is 7.62. The maximum atomic E-state index is 12.0. The van der Waals surface area contributed by atoms with Gasteiger partial charge in [-0.25, -0.2) is 0 Å². The van der Waals surface area contributed by atoms with E-state index >= 15 is 0 Å². The van der Waals surface area contributed by atoms with E-state index in [1.807, 2.05) is 0 Å². The number of aryl methyl sites for hydroxylation is 1. The van der Waals surface area contributed by atoms with Gasteiger partial charge < -0.3 is 5.32 Å². The molecule has 0 heterocycles. The molecule has 1 amide bonds. The van der Waals surface area contributed by atoms with Gasteiger partial charge in [-0.1, -0.05) is 38.1 Å². The predicted octanol–water partition coefficient (Wildman–Crippen LogP) is 2.77. The molecule has 1 N–H and O–H groups in total. The smallest absolute Gasteiger partial charge is 0.234 e. The highest BCUT2D eigenvalue weighted by atomic mass is 16.2. The summed E-state index contributed by atoms with van der Waals surface area (Å²) in [7, 11) is 2.05. The van der Waals surface area contributed by atoms with Gasteiger partial charge in [-0.3, -0.25) is 9.69 Å². The Morgan fingerprint density at radius 2 is 2.15 bits per heavy atom. The highest BCUT2D eigenvalue weighted by molar-refractivity contribution is 5.78. The molecule has 1 atom stereocenters. The number of hydrogen-bond donors (Lipinski definition) is 1. The molecule has 0 radical (unpaired) electrons. The summed E-state index contributed by atoms with van der Waals surface area (Å²) < 4.78 is 0. The Balaban J connectivity index is 1.84. The molecule has 1 aliphatic rings. The fourth-order valence-electron chi connectivity index (χ4n) is 2.89. The number of nitrogens with one attached hydrogen (secondary N) is 1. The second-order valence-electron chi connectivity index (χ2n) is 6.20. The molecule has 3 heteroatoms. The molecule has 1 unspecified atom stereocenters. The monoisotopic (exact) mass is 274 g/mol. The molecule has 110 valence electrons. The highest BCUT2D eigenvalue weighted by Gasteiger charge is 2.26. The zero-order chi connectivity index (χ0) is 14.5. The standard InChI is InChI=1S/C17H26N2O/c1-13(2)10-11-18-17(20)12-19(3)16-9-8-14-6-4-5-7-15(14)16/h4-7,13,16H,8-12H2,1-3H3,(H,18,20). The summed E-state index contributed by atoms with van der Waals surface area (Å²) in [6, 6.07) is 8.97. The molecule has 0 aromatic heterocycles. The largest absolute Gasteiger partial charge is 0.355 e. The lowest BCUT2D eigenvalue weighted by atomic mass is 10.1. The third-order valence-corrected chi connectivity index (χ3v) is 4.07. The molecule has 1 aliphatic carbocycles. The van der Waals surface area contributed by atoms with Gasteiger partial charge in [0, 0.05) is 12.6 Å². The van der Waals surface area contributed by atoms with Crippen molar-refractivity contribution in [3.63, 3.8) is 0 Å². The van der Waals surface area contributed by atoms with E-state index in [0.717, 1.165) is 25.8 Å². The summed E-state index contributed by atoms with van der Waals surface area (Å²) in [4.78, 5) is 14.1. The van der Waals surface area contributed by atoms with Gasteiger partial charge in [0.2, 0.25) is 5.91 Å². The first kappa shape index (κ1) is 15.0. The molecular formula is C17H26N2O. The van der Waals surface area contributed by atoms with Gasteiger partial charge in [-0.05, 0) is 43.4 Å². The van der Waals surface area contributed by atoms with Gasteiger partial charge in [-0.2, -0.15) is 0 Å². The quantitative estimate of drug-likeness (QED) is 0.865. The summed E-state index contributed by atoms with van der Waals surface area (Å²) in [6.45, 7) is 5.62. The molecule has 1 aromatic carbocycles. The number of hydrogen-bond acceptors (Lipinski definition) is 2. The van der Waals surface area contributed by atoms with E-state index < -0.39 is 0 Å². The fraction of sp³-hybridized carbons (Fsp3) is 0.588. The van der Waals surface area contributed by atoms with Crippen molar-refractivity contribution in [1.82, 2.24) is 10.2 Å². The average Bonchev–Trinajstić information content (AvgIpc) is 2.82. The number of rotatable bonds is 6. The van der Waals surface area contributed by atoms with Gasteiger partial charge in [0.1, 0.15) is 0 Å². The van der Waals surface area contributed by atoms with Gasteiger partial charge in [0.15, 0.2) is 0 Å². The van der Waals surface area contributed by atoms with Crippen molar-refractivity contribution in [3.05, 3.63) is 35.4 Å². The first-order valence-electron chi connectivity index (χ1n) is 7.62. The molecule has 20 heavy (non-hydrogen) atoms. The van der Waals surface area contributed by atoms with Gasteiger partial charge >= 0.3 is 0 Å². The summed E-state index contributed by atoms with van der Waals surface area (Å²) >= 11 is 0. The van der Waals surface area contributed by atoms with Gasteiger partial charge in [-0.15, -0.1) is 0 Å². The van der Waals surface area contributed by atoms with Gasteiger partial charge in [0.25, 0.3) is 0 Å². The maximum absolute atomic E-state index is 12.0. The highest BCUT2D eigenvalue weighted by Crippen LogP contribution is 2.34. The van der Waals surface area contributed by atoms with E-state index in [-0.39, 0.29) is 5.91 Å². The van der Waals surface area contributed by atoms with E-state index in [0.29, 0.717) is 18.5 Å². The Kier molecular flexibility index (Phi) is 5.18. The Bertz CT molecular complexity index is 456. The minimum atomic E-state index is 0.137. The molecule has 2 rings (SSSR count). The summed E-state index contributed by atoms with van der Waals surface area (Å²) in [5.41, 5.74) is 2.83. The molecular weight excluding hydrogens is 248 g/mol. The molecule has 0 fully saturated rings. The van der Waals surface area contributed by atoms with Crippen LogP contribution >= 0.6 is 0 Å². The first-order chi connectivity index (χ1) is 9.58. The van der Waals surface area contributed by atoms with Crippen molar-refractivity contribution < 1.29 is 4.79 Å². The number of benzene rings is 1. The third kappa shape index (κ3) is 3.83. The lowest BCUT2D eigenvalue weighted by Crippen LogP contribution is -2.37. The van der Waals surface area contributed by atoms with Crippen LogP contribution in [0.4, 0.5) is 0 Å². The molecule has 1 aromatic rings. The Labute approximate surface area is 122 Å². The molecule has 0 saturated heterocycles. The zero-order valence-electron chi connectivity index (χ0n) is 12.9. The summed E-state index contributed by atoms with van der Waals surface area (Å²) in [6.07, 6.45) is 3.29. The molecule has 0 aliphatic heterocycles. The van der Waals surface area contributed by atoms with Crippen molar-refractivity contribution in [2.75, 3.05) is 20.1 Å². The summed E-state index contributed by atoms with van der Waals surface area (Å²) in [5.74, 6) is 0.771. The van der Waals surface area contributed by atoms with Crippen molar-refractivity contribution in [2.45, 2.75) is 39.2 Å². The normalized spacial score (nSPS) is 17.6. The molecule has 3 nitrogen and oxygen atoms in total. The van der Waals surface area contributed by atoms with E-state index in [2.05, 4.69) is 55.4 Å². The minimum Gasteiger partial charge on any atom is -0.355 e. The van der Waals surface area contributed by atoms with Crippen LogP contribution in [0.25, 0.3) is 0 Å². The Hall–Kier alpha value is -1.35. The van der Waals surface area contributed by atoms with Crippen LogP contribution in [0.5, 0.6) is 0 Å². The van der Waals surface area contributed by atoms with Crippen LogP contribution in [0.3, 0.4) is 0 Å². The molecule has 0 bridgehead atoms. The molecule has 0 saturated carbocycles. The lowest BCUT2D eigenvalue weighted by Gasteiger charge is -2.24. The Morgan fingerprint density at radius 1 is 1.40 bits per heavy atom. The molecule has 0 spiro atoms. The SMILES string of the molecule is CC(C)CCNC(=O)CN(C)C1CCc2ccccc21. The second-order valence-corrected chi connectivity index (χ2v) is 6.20. The van der Waals surface area contributed by atoms with Crippen LogP contribution in [0.1, 0.15) is 43.9 Å². The van der Waals surface area contributed by atoms with Crippen LogP contribution in [-0.4, -0.2) is 30.9 Å². The summed E-state index contributed by atoms with van der Waals surface area (Å²) in [5, 5.41) is 3.01. The van der Waals surface area contributed by atoms with Crippen LogP contribution < -0.4 is 5.32 Å². The number of likely N-dealkylation sites (N-methyl/N-ethyl adjacent to an activating group) is 1. The second kappa shape index (κ2) is 6.89. The number of nitrogens with zero attached hydrogens (tertiary/aromatic N) is 1. The number of amides is 1. The number of fused-ring (bicyclic) bond motifs is 1. The number of carbonyl (C=O) groups is 1. The third-order valence-electron chi connectivity index (χ3n) is 4.07. The van der Waals surface area contributed by atoms with E-state index in [9.17, 15) is 4.79 Å². The van der Waals surface area contributed by atoms with Gasteiger partial charge in [0.05, 0.1) is 6.54 Å². The number of carbonyl (C=O) groups excluding carboxylic acids is 1. The van der Waals surface area contributed by atoms with Crippen molar-refractivity contribution in [2.24, 2.45) is 5.92 Å². The fourth-order valence-corrected chi connectivity index (χ4v) is 2.89. The zero-order valence-corrected chi connectivity index (χ0v) is 12.9. The van der Waals surface area contributed by atoms with E-state index in [1.54, 1.807) is 0 Å². The van der Waals surface area contributed by atoms with Crippen molar-refractivity contribution in [3.8, 4) is 0 Å².